The van der Waals surface area contributed by atoms with Crippen molar-refractivity contribution in [3.8, 4) is 11.3 Å². The Balaban J connectivity index is 2.35. The molecule has 0 aliphatic rings. The van der Waals surface area contributed by atoms with Gasteiger partial charge >= 0.3 is 0 Å². The van der Waals surface area contributed by atoms with E-state index in [1.165, 1.54) is 0 Å². The lowest BCUT2D eigenvalue weighted by Gasteiger charge is -1.98. The summed E-state index contributed by atoms with van der Waals surface area (Å²) in [5.41, 5.74) is 8.97. The number of aryl methyl sites for hydroxylation is 1. The fraction of sp³-hybridized carbons (Fsp3) is 0.154. The smallest absolute Gasteiger partial charge is 0.269 e. The number of fused-ring (bicyclic) bond motifs is 1. The summed E-state index contributed by atoms with van der Waals surface area (Å²) in [6, 6.07) is 8.07. The van der Waals surface area contributed by atoms with Crippen LogP contribution in [0.2, 0.25) is 0 Å². The Hall–Kier alpha value is -2.27. The minimum absolute atomic E-state index is 0.152. The third-order valence-electron chi connectivity index (χ3n) is 3.25. The molecule has 5 nitrogen and oxygen atoms in total. The van der Waals surface area contributed by atoms with Crippen LogP contribution in [0.4, 0.5) is 0 Å². The fourth-order valence-corrected chi connectivity index (χ4v) is 2.35. The number of benzene rings is 1. The largest absolute Gasteiger partial charge is 0.350 e. The zero-order chi connectivity index (χ0) is 12.7. The summed E-state index contributed by atoms with van der Waals surface area (Å²) in [5.74, 6) is 0. The standard InChI is InChI=1S/C13H14N4O/c1-17-7-10(8-4-2-3-5-11(8)17)12-9(6-14)13(18)16-15-12/h2-5,7H,6,14H2,1H3,(H2,15,16,18). The number of H-pyrrole nitrogens is 2. The van der Waals surface area contributed by atoms with Crippen LogP contribution in [0.1, 0.15) is 5.56 Å². The molecule has 0 fully saturated rings. The first kappa shape index (κ1) is 10.9. The van der Waals surface area contributed by atoms with E-state index in [1.54, 1.807) is 0 Å². The molecule has 0 saturated heterocycles. The van der Waals surface area contributed by atoms with Crippen LogP contribution in [0.3, 0.4) is 0 Å². The monoisotopic (exact) mass is 242 g/mol. The maximum Gasteiger partial charge on any atom is 0.269 e. The van der Waals surface area contributed by atoms with Gasteiger partial charge in [-0.3, -0.25) is 15.0 Å². The summed E-state index contributed by atoms with van der Waals surface area (Å²) >= 11 is 0. The van der Waals surface area contributed by atoms with Gasteiger partial charge in [0.25, 0.3) is 5.56 Å². The highest BCUT2D eigenvalue weighted by Gasteiger charge is 2.14. The zero-order valence-electron chi connectivity index (χ0n) is 10.0. The lowest BCUT2D eigenvalue weighted by molar-refractivity contribution is 0.968. The molecule has 2 heterocycles. The van der Waals surface area contributed by atoms with Crippen molar-refractivity contribution in [3.05, 3.63) is 46.4 Å². The van der Waals surface area contributed by atoms with Crippen LogP contribution in [-0.4, -0.2) is 14.8 Å². The van der Waals surface area contributed by atoms with Crippen molar-refractivity contribution in [1.82, 2.24) is 14.8 Å². The Morgan fingerprint density at radius 2 is 2.06 bits per heavy atom. The van der Waals surface area contributed by atoms with Crippen LogP contribution in [0, 0.1) is 0 Å². The molecule has 4 N–H and O–H groups in total. The molecule has 92 valence electrons. The molecule has 0 radical (unpaired) electrons. The highest BCUT2D eigenvalue weighted by molar-refractivity contribution is 5.95. The van der Waals surface area contributed by atoms with Gasteiger partial charge in [-0.05, 0) is 6.07 Å². The zero-order valence-corrected chi connectivity index (χ0v) is 10.0. The van der Waals surface area contributed by atoms with Gasteiger partial charge in [0.15, 0.2) is 0 Å². The number of rotatable bonds is 2. The average Bonchev–Trinajstić information content (AvgIpc) is 2.91. The van der Waals surface area contributed by atoms with Crippen LogP contribution < -0.4 is 11.3 Å². The minimum Gasteiger partial charge on any atom is -0.350 e. The summed E-state index contributed by atoms with van der Waals surface area (Å²) < 4.78 is 2.04. The van der Waals surface area contributed by atoms with Crippen molar-refractivity contribution in [1.29, 1.82) is 0 Å². The van der Waals surface area contributed by atoms with Crippen LogP contribution in [0.5, 0.6) is 0 Å². The summed E-state index contributed by atoms with van der Waals surface area (Å²) in [6.07, 6.45) is 2.00. The molecule has 3 aromatic rings. The van der Waals surface area contributed by atoms with Gasteiger partial charge in [0.1, 0.15) is 0 Å². The third-order valence-corrected chi connectivity index (χ3v) is 3.25. The molecule has 0 atom stereocenters. The Morgan fingerprint density at radius 3 is 2.83 bits per heavy atom. The number of hydrogen-bond acceptors (Lipinski definition) is 2. The van der Waals surface area contributed by atoms with Gasteiger partial charge in [0.2, 0.25) is 0 Å². The second kappa shape index (κ2) is 3.89. The Morgan fingerprint density at radius 1 is 1.28 bits per heavy atom. The van der Waals surface area contributed by atoms with E-state index in [1.807, 2.05) is 42.1 Å². The van der Waals surface area contributed by atoms with E-state index in [4.69, 9.17) is 5.73 Å². The summed E-state index contributed by atoms with van der Waals surface area (Å²) in [6.45, 7) is 0.220. The van der Waals surface area contributed by atoms with E-state index in [0.717, 1.165) is 22.2 Å². The number of hydrogen-bond donors (Lipinski definition) is 3. The molecule has 1 aromatic carbocycles. The number of nitrogens with one attached hydrogen (secondary N) is 2. The molecule has 3 rings (SSSR count). The number of aromatic amines is 2. The number of nitrogens with zero attached hydrogens (tertiary/aromatic N) is 1. The van der Waals surface area contributed by atoms with Gasteiger partial charge in [-0.2, -0.15) is 0 Å². The molecule has 0 aliphatic carbocycles. The maximum absolute atomic E-state index is 11.6. The van der Waals surface area contributed by atoms with Crippen molar-refractivity contribution in [2.45, 2.75) is 6.54 Å². The molecule has 0 unspecified atom stereocenters. The van der Waals surface area contributed by atoms with E-state index < -0.39 is 0 Å². The van der Waals surface area contributed by atoms with Crippen molar-refractivity contribution in [2.75, 3.05) is 0 Å². The Labute approximate surface area is 103 Å². The molecule has 0 aliphatic heterocycles. The van der Waals surface area contributed by atoms with Crippen molar-refractivity contribution in [2.24, 2.45) is 12.8 Å². The van der Waals surface area contributed by atoms with E-state index in [-0.39, 0.29) is 12.1 Å². The van der Waals surface area contributed by atoms with E-state index in [9.17, 15) is 4.79 Å². The van der Waals surface area contributed by atoms with Gasteiger partial charge < -0.3 is 10.3 Å². The lowest BCUT2D eigenvalue weighted by atomic mass is 10.1. The van der Waals surface area contributed by atoms with Gasteiger partial charge in [-0.25, -0.2) is 0 Å². The van der Waals surface area contributed by atoms with Crippen LogP contribution in [-0.2, 0) is 13.6 Å². The lowest BCUT2D eigenvalue weighted by Crippen LogP contribution is -2.10. The second-order valence-electron chi connectivity index (χ2n) is 4.31. The van der Waals surface area contributed by atoms with Crippen LogP contribution >= 0.6 is 0 Å². The van der Waals surface area contributed by atoms with E-state index >= 15 is 0 Å². The van der Waals surface area contributed by atoms with Gasteiger partial charge in [-0.15, -0.1) is 0 Å². The highest BCUT2D eigenvalue weighted by Crippen LogP contribution is 2.29. The number of para-hydroxylation sites is 1. The summed E-state index contributed by atoms with van der Waals surface area (Å²) in [5, 5.41) is 6.61. The third kappa shape index (κ3) is 1.41. The highest BCUT2D eigenvalue weighted by atomic mass is 16.1. The van der Waals surface area contributed by atoms with Crippen LogP contribution in [0.15, 0.2) is 35.3 Å². The molecule has 0 saturated carbocycles. The number of nitrogens with two attached hydrogens (primary N) is 1. The first-order chi connectivity index (χ1) is 8.72. The van der Waals surface area contributed by atoms with Gasteiger partial charge in [0.05, 0.1) is 11.3 Å². The fourth-order valence-electron chi connectivity index (χ4n) is 2.35. The first-order valence-corrected chi connectivity index (χ1v) is 5.76. The summed E-state index contributed by atoms with van der Waals surface area (Å²) in [4.78, 5) is 11.6. The summed E-state index contributed by atoms with van der Waals surface area (Å²) in [7, 11) is 1.98. The first-order valence-electron chi connectivity index (χ1n) is 5.76. The molecule has 0 amide bonds. The molecule has 2 aromatic heterocycles. The molecular formula is C13H14N4O. The predicted molar refractivity (Wildman–Crippen MR) is 71.2 cm³/mol. The second-order valence-corrected chi connectivity index (χ2v) is 4.31. The molecule has 18 heavy (non-hydrogen) atoms. The van der Waals surface area contributed by atoms with Gasteiger partial charge in [-0.1, -0.05) is 18.2 Å². The normalized spacial score (nSPS) is 11.2. The topological polar surface area (TPSA) is 79.6 Å². The van der Waals surface area contributed by atoms with E-state index in [2.05, 4.69) is 10.2 Å². The number of aromatic nitrogens is 3. The molecule has 0 bridgehead atoms. The molecule has 5 heteroatoms. The van der Waals surface area contributed by atoms with Crippen LogP contribution in [0.25, 0.3) is 22.2 Å². The molecule has 0 spiro atoms. The quantitative estimate of drug-likeness (QED) is 0.633. The van der Waals surface area contributed by atoms with Crippen molar-refractivity contribution in [3.63, 3.8) is 0 Å². The van der Waals surface area contributed by atoms with Gasteiger partial charge in [0, 0.05) is 36.3 Å². The maximum atomic E-state index is 11.6. The Kier molecular flexibility index (Phi) is 2.34. The minimum atomic E-state index is -0.152. The SMILES string of the molecule is Cn1cc(-c2[nH][nH]c(=O)c2CN)c2ccccc21. The van der Waals surface area contributed by atoms with Crippen molar-refractivity contribution < 1.29 is 0 Å². The Bertz CT molecular complexity index is 763. The predicted octanol–water partition coefficient (Wildman–Crippen LogP) is 1.32. The average molecular weight is 242 g/mol. The molecular weight excluding hydrogens is 228 g/mol. The van der Waals surface area contributed by atoms with Crippen molar-refractivity contribution >= 4 is 10.9 Å². The van der Waals surface area contributed by atoms with E-state index in [0.29, 0.717) is 5.56 Å².